The quantitative estimate of drug-likeness (QED) is 0.721. The first kappa shape index (κ1) is 16.1. The third-order valence-electron chi connectivity index (χ3n) is 3.13. The van der Waals surface area contributed by atoms with E-state index in [4.69, 9.17) is 0 Å². The van der Waals surface area contributed by atoms with E-state index in [0.717, 1.165) is 31.0 Å². The van der Waals surface area contributed by atoms with E-state index in [1.165, 1.54) is 0 Å². The molecule has 19 heavy (non-hydrogen) atoms. The number of amides is 1. The van der Waals surface area contributed by atoms with Gasteiger partial charge in [-0.3, -0.25) is 4.79 Å². The predicted octanol–water partition coefficient (Wildman–Crippen LogP) is 3.99. The van der Waals surface area contributed by atoms with Gasteiger partial charge < -0.3 is 4.90 Å². The highest BCUT2D eigenvalue weighted by molar-refractivity contribution is 9.09. The number of carbonyl (C=O) groups excluding carboxylic acids is 1. The average molecular weight is 334 g/mol. The molecule has 2 nitrogen and oxygen atoms in total. The second-order valence-electron chi connectivity index (χ2n) is 4.28. The summed E-state index contributed by atoms with van der Waals surface area (Å²) in [6.45, 7) is 4.43. The van der Waals surface area contributed by atoms with Crippen molar-refractivity contribution in [3.05, 3.63) is 35.4 Å². The van der Waals surface area contributed by atoms with Gasteiger partial charge in [-0.2, -0.15) is 0 Å². The van der Waals surface area contributed by atoms with E-state index in [2.05, 4.69) is 15.9 Å². The Balaban J connectivity index is 3.08. The van der Waals surface area contributed by atoms with E-state index < -0.39 is 17.5 Å². The molecule has 0 spiro atoms. The van der Waals surface area contributed by atoms with Crippen LogP contribution in [0, 0.1) is 11.6 Å². The first-order valence-corrected chi connectivity index (χ1v) is 7.49. The van der Waals surface area contributed by atoms with Gasteiger partial charge >= 0.3 is 0 Å². The number of alkyl halides is 1. The average Bonchev–Trinajstić information content (AvgIpc) is 2.41. The second-order valence-corrected chi connectivity index (χ2v) is 5.08. The van der Waals surface area contributed by atoms with Gasteiger partial charge in [-0.15, -0.1) is 0 Å². The third kappa shape index (κ3) is 4.00. The lowest BCUT2D eigenvalue weighted by molar-refractivity contribution is 0.0677. The monoisotopic (exact) mass is 333 g/mol. The van der Waals surface area contributed by atoms with Crippen molar-refractivity contribution in [3.8, 4) is 0 Å². The Morgan fingerprint density at radius 3 is 2.47 bits per heavy atom. The highest BCUT2D eigenvalue weighted by Gasteiger charge is 2.24. The summed E-state index contributed by atoms with van der Waals surface area (Å²) in [6, 6.07) is 2.99. The Hall–Kier alpha value is -0.970. The van der Waals surface area contributed by atoms with Gasteiger partial charge in [0, 0.05) is 17.9 Å². The van der Waals surface area contributed by atoms with Crippen molar-refractivity contribution in [2.45, 2.75) is 32.7 Å². The van der Waals surface area contributed by atoms with Gasteiger partial charge in [0.15, 0.2) is 0 Å². The van der Waals surface area contributed by atoms with Crippen LogP contribution in [-0.4, -0.2) is 28.7 Å². The molecule has 0 bridgehead atoms. The third-order valence-corrected chi connectivity index (χ3v) is 3.48. The minimum absolute atomic E-state index is 0.0349. The molecule has 0 aliphatic heterocycles. The predicted molar refractivity (Wildman–Crippen MR) is 75.6 cm³/mol. The summed E-state index contributed by atoms with van der Waals surface area (Å²) in [7, 11) is 0. The zero-order chi connectivity index (χ0) is 14.4. The SMILES string of the molecule is CCC(CC)N(CCBr)C(=O)c1cc(F)ccc1F. The highest BCUT2D eigenvalue weighted by atomic mass is 79.9. The van der Waals surface area contributed by atoms with Crippen LogP contribution >= 0.6 is 15.9 Å². The fourth-order valence-electron chi connectivity index (χ4n) is 2.09. The number of rotatable bonds is 6. The summed E-state index contributed by atoms with van der Waals surface area (Å²) >= 11 is 3.29. The molecule has 1 aromatic rings. The molecule has 1 amide bonds. The van der Waals surface area contributed by atoms with Crippen LogP contribution in [0.1, 0.15) is 37.0 Å². The molecule has 0 atom stereocenters. The summed E-state index contributed by atoms with van der Waals surface area (Å²) in [4.78, 5) is 14.0. The molecule has 0 aliphatic carbocycles. The Morgan fingerprint density at radius 2 is 1.95 bits per heavy atom. The van der Waals surface area contributed by atoms with Gasteiger partial charge in [-0.05, 0) is 31.0 Å². The molecule has 0 heterocycles. The Kier molecular flexibility index (Phi) is 6.42. The molecule has 0 N–H and O–H groups in total. The molecule has 0 radical (unpaired) electrons. The van der Waals surface area contributed by atoms with Gasteiger partial charge in [0.25, 0.3) is 5.91 Å². The van der Waals surface area contributed by atoms with Crippen molar-refractivity contribution >= 4 is 21.8 Å². The lowest BCUT2D eigenvalue weighted by atomic mass is 10.1. The smallest absolute Gasteiger partial charge is 0.257 e. The molecule has 0 unspecified atom stereocenters. The largest absolute Gasteiger partial charge is 0.335 e. The van der Waals surface area contributed by atoms with Crippen LogP contribution in [-0.2, 0) is 0 Å². The van der Waals surface area contributed by atoms with Crippen LogP contribution in [0.25, 0.3) is 0 Å². The molecular weight excluding hydrogens is 316 g/mol. The lowest BCUT2D eigenvalue weighted by Crippen LogP contribution is -2.41. The Labute approximate surface area is 120 Å². The van der Waals surface area contributed by atoms with Crippen LogP contribution in [0.3, 0.4) is 0 Å². The van der Waals surface area contributed by atoms with Crippen LogP contribution < -0.4 is 0 Å². The van der Waals surface area contributed by atoms with Gasteiger partial charge in [0.1, 0.15) is 11.6 Å². The van der Waals surface area contributed by atoms with Crippen LogP contribution in [0.5, 0.6) is 0 Å². The Morgan fingerprint density at radius 1 is 1.32 bits per heavy atom. The van der Waals surface area contributed by atoms with Gasteiger partial charge in [-0.25, -0.2) is 8.78 Å². The molecule has 1 aromatic carbocycles. The summed E-state index contributed by atoms with van der Waals surface area (Å²) in [5.74, 6) is -1.74. The maximum absolute atomic E-state index is 13.7. The van der Waals surface area contributed by atoms with E-state index in [-0.39, 0.29) is 11.6 Å². The molecular formula is C14H18BrF2NO. The van der Waals surface area contributed by atoms with Gasteiger partial charge in [0.2, 0.25) is 0 Å². The number of benzene rings is 1. The Bertz CT molecular complexity index is 435. The van der Waals surface area contributed by atoms with Crippen molar-refractivity contribution < 1.29 is 13.6 Å². The fourth-order valence-corrected chi connectivity index (χ4v) is 2.47. The summed E-state index contributed by atoms with van der Waals surface area (Å²) in [6.07, 6.45) is 1.57. The fraction of sp³-hybridized carbons (Fsp3) is 0.500. The number of nitrogens with zero attached hydrogens (tertiary/aromatic N) is 1. The zero-order valence-electron chi connectivity index (χ0n) is 11.1. The highest BCUT2D eigenvalue weighted by Crippen LogP contribution is 2.17. The standard InChI is InChI=1S/C14H18BrF2NO/c1-3-11(4-2)18(8-7-15)14(19)12-9-10(16)5-6-13(12)17/h5-6,9,11H,3-4,7-8H2,1-2H3. The van der Waals surface area contributed by atoms with Crippen LogP contribution in [0.2, 0.25) is 0 Å². The van der Waals surface area contributed by atoms with E-state index >= 15 is 0 Å². The number of halogens is 3. The number of hydrogen-bond acceptors (Lipinski definition) is 1. The lowest BCUT2D eigenvalue weighted by Gasteiger charge is -2.30. The minimum Gasteiger partial charge on any atom is -0.335 e. The van der Waals surface area contributed by atoms with Crippen molar-refractivity contribution in [2.75, 3.05) is 11.9 Å². The first-order valence-electron chi connectivity index (χ1n) is 6.37. The molecule has 0 saturated carbocycles. The maximum atomic E-state index is 13.7. The number of carbonyl (C=O) groups is 1. The zero-order valence-corrected chi connectivity index (χ0v) is 12.7. The van der Waals surface area contributed by atoms with E-state index in [0.29, 0.717) is 11.9 Å². The molecule has 5 heteroatoms. The van der Waals surface area contributed by atoms with Crippen LogP contribution in [0.15, 0.2) is 18.2 Å². The van der Waals surface area contributed by atoms with E-state index in [1.54, 1.807) is 4.90 Å². The topological polar surface area (TPSA) is 20.3 Å². The van der Waals surface area contributed by atoms with E-state index in [1.807, 2.05) is 13.8 Å². The van der Waals surface area contributed by atoms with Crippen molar-refractivity contribution in [1.82, 2.24) is 4.90 Å². The minimum atomic E-state index is -0.683. The number of hydrogen-bond donors (Lipinski definition) is 0. The van der Waals surface area contributed by atoms with Crippen LogP contribution in [0.4, 0.5) is 8.78 Å². The molecule has 0 aliphatic rings. The van der Waals surface area contributed by atoms with Gasteiger partial charge in [0.05, 0.1) is 5.56 Å². The maximum Gasteiger partial charge on any atom is 0.257 e. The van der Waals surface area contributed by atoms with Crippen molar-refractivity contribution in [1.29, 1.82) is 0 Å². The molecule has 1 rings (SSSR count). The summed E-state index contributed by atoms with van der Waals surface area (Å²) < 4.78 is 26.8. The first-order chi connectivity index (χ1) is 9.04. The second kappa shape index (κ2) is 7.58. The molecule has 106 valence electrons. The molecule has 0 fully saturated rings. The van der Waals surface area contributed by atoms with E-state index in [9.17, 15) is 13.6 Å². The normalized spacial score (nSPS) is 10.8. The van der Waals surface area contributed by atoms with Gasteiger partial charge in [-0.1, -0.05) is 29.8 Å². The molecule has 0 saturated heterocycles. The summed E-state index contributed by atoms with van der Waals surface area (Å²) in [5.41, 5.74) is -0.201. The summed E-state index contributed by atoms with van der Waals surface area (Å²) in [5, 5.41) is 0.603. The van der Waals surface area contributed by atoms with Crippen molar-refractivity contribution in [2.24, 2.45) is 0 Å². The molecule has 0 aromatic heterocycles. The van der Waals surface area contributed by atoms with Crippen molar-refractivity contribution in [3.63, 3.8) is 0 Å².